The lowest BCUT2D eigenvalue weighted by Gasteiger charge is -2.13. The van der Waals surface area contributed by atoms with Crippen LogP contribution in [0.3, 0.4) is 0 Å². The Labute approximate surface area is 117 Å². The molecule has 0 heterocycles. The lowest BCUT2D eigenvalue weighted by Crippen LogP contribution is -2.43. The van der Waals surface area contributed by atoms with Crippen LogP contribution in [0.25, 0.3) is 0 Å². The van der Waals surface area contributed by atoms with Crippen molar-refractivity contribution >= 4 is 17.9 Å². The standard InChI is InChI=1S/C14H18N2O4/c1-8-5-9(2)7-11(6-8)13(18)20-10(3)12(17)16-14(19)15-4/h5-7,10H,1-4H3,(H2,15,16,17,19)/t10-/m1/s1. The Bertz CT molecular complexity index is 520. The average molecular weight is 278 g/mol. The van der Waals surface area contributed by atoms with Gasteiger partial charge in [-0.15, -0.1) is 0 Å². The molecule has 0 aliphatic heterocycles. The van der Waals surface area contributed by atoms with Crippen LogP contribution in [0.4, 0.5) is 4.79 Å². The molecule has 0 saturated heterocycles. The second-order valence-electron chi connectivity index (χ2n) is 4.49. The number of carbonyl (C=O) groups is 3. The van der Waals surface area contributed by atoms with Crippen LogP contribution < -0.4 is 10.6 Å². The third kappa shape index (κ3) is 4.38. The number of aryl methyl sites for hydroxylation is 2. The molecule has 0 aromatic heterocycles. The van der Waals surface area contributed by atoms with Gasteiger partial charge in [-0.3, -0.25) is 10.1 Å². The summed E-state index contributed by atoms with van der Waals surface area (Å²) in [5.41, 5.74) is 2.24. The van der Waals surface area contributed by atoms with E-state index in [1.165, 1.54) is 14.0 Å². The summed E-state index contributed by atoms with van der Waals surface area (Å²) in [6.07, 6.45) is -1.05. The van der Waals surface area contributed by atoms with Gasteiger partial charge in [0.2, 0.25) is 0 Å². The van der Waals surface area contributed by atoms with E-state index in [9.17, 15) is 14.4 Å². The van der Waals surface area contributed by atoms with Crippen molar-refractivity contribution in [2.45, 2.75) is 26.9 Å². The molecule has 6 nitrogen and oxygen atoms in total. The minimum atomic E-state index is -1.05. The van der Waals surface area contributed by atoms with E-state index in [1.807, 2.05) is 25.2 Å². The topological polar surface area (TPSA) is 84.5 Å². The summed E-state index contributed by atoms with van der Waals surface area (Å²) in [7, 11) is 1.38. The maximum absolute atomic E-state index is 11.9. The molecule has 2 N–H and O–H groups in total. The molecular formula is C14H18N2O4. The summed E-state index contributed by atoms with van der Waals surface area (Å²) in [6, 6.07) is 4.64. The van der Waals surface area contributed by atoms with E-state index in [-0.39, 0.29) is 0 Å². The molecule has 6 heteroatoms. The second-order valence-corrected chi connectivity index (χ2v) is 4.49. The van der Waals surface area contributed by atoms with E-state index < -0.39 is 24.0 Å². The number of amides is 3. The zero-order chi connectivity index (χ0) is 15.3. The number of esters is 1. The van der Waals surface area contributed by atoms with Crippen LogP contribution >= 0.6 is 0 Å². The molecule has 1 aromatic carbocycles. The van der Waals surface area contributed by atoms with Gasteiger partial charge in [0, 0.05) is 7.05 Å². The molecule has 0 aliphatic carbocycles. The minimum Gasteiger partial charge on any atom is -0.449 e. The number of benzene rings is 1. The van der Waals surface area contributed by atoms with Crippen molar-refractivity contribution in [2.24, 2.45) is 0 Å². The largest absolute Gasteiger partial charge is 0.449 e. The molecule has 108 valence electrons. The zero-order valence-electron chi connectivity index (χ0n) is 11.9. The van der Waals surface area contributed by atoms with Gasteiger partial charge in [-0.05, 0) is 32.9 Å². The van der Waals surface area contributed by atoms with E-state index in [0.717, 1.165) is 11.1 Å². The number of ether oxygens (including phenoxy) is 1. The van der Waals surface area contributed by atoms with E-state index >= 15 is 0 Å². The Kier molecular flexibility index (Phi) is 5.25. The van der Waals surface area contributed by atoms with Crippen molar-refractivity contribution in [3.63, 3.8) is 0 Å². The molecule has 0 spiro atoms. The van der Waals surface area contributed by atoms with Gasteiger partial charge >= 0.3 is 12.0 Å². The number of urea groups is 1. The summed E-state index contributed by atoms with van der Waals surface area (Å²) in [5, 5.41) is 4.28. The number of hydrogen-bond donors (Lipinski definition) is 2. The Balaban J connectivity index is 2.70. The molecule has 1 rings (SSSR count). The van der Waals surface area contributed by atoms with Gasteiger partial charge in [0.25, 0.3) is 5.91 Å². The zero-order valence-corrected chi connectivity index (χ0v) is 11.9. The molecule has 3 amide bonds. The highest BCUT2D eigenvalue weighted by molar-refractivity contribution is 5.98. The predicted octanol–water partition coefficient (Wildman–Crippen LogP) is 1.30. The summed E-state index contributed by atoms with van der Waals surface area (Å²) in [5.74, 6) is -1.28. The first-order valence-electron chi connectivity index (χ1n) is 6.15. The van der Waals surface area contributed by atoms with Crippen LogP contribution in [-0.4, -0.2) is 31.1 Å². The molecule has 0 saturated carbocycles. The fourth-order valence-electron chi connectivity index (χ4n) is 1.65. The first-order valence-corrected chi connectivity index (χ1v) is 6.15. The number of hydrogen-bond acceptors (Lipinski definition) is 4. The monoisotopic (exact) mass is 278 g/mol. The summed E-state index contributed by atoms with van der Waals surface area (Å²) >= 11 is 0. The van der Waals surface area contributed by atoms with Crippen molar-refractivity contribution in [3.8, 4) is 0 Å². The van der Waals surface area contributed by atoms with Gasteiger partial charge < -0.3 is 10.1 Å². The summed E-state index contributed by atoms with van der Waals surface area (Å²) < 4.78 is 5.02. The second kappa shape index (κ2) is 6.70. The van der Waals surface area contributed by atoms with Crippen LogP contribution in [0.2, 0.25) is 0 Å². The third-order valence-electron chi connectivity index (χ3n) is 2.57. The van der Waals surface area contributed by atoms with Crippen molar-refractivity contribution < 1.29 is 19.1 Å². The van der Waals surface area contributed by atoms with E-state index in [1.54, 1.807) is 12.1 Å². The Morgan fingerprint density at radius 1 is 1.10 bits per heavy atom. The Hall–Kier alpha value is -2.37. The molecule has 0 fully saturated rings. The number of nitrogens with one attached hydrogen (secondary N) is 2. The SMILES string of the molecule is CNC(=O)NC(=O)[C@@H](C)OC(=O)c1cc(C)cc(C)c1. The fourth-order valence-corrected chi connectivity index (χ4v) is 1.65. The van der Waals surface area contributed by atoms with E-state index in [0.29, 0.717) is 5.56 Å². The normalized spacial score (nSPS) is 11.4. The molecule has 1 atom stereocenters. The lowest BCUT2D eigenvalue weighted by atomic mass is 10.1. The molecule has 1 aromatic rings. The maximum atomic E-state index is 11.9. The first kappa shape index (κ1) is 15.7. The fraction of sp³-hybridized carbons (Fsp3) is 0.357. The van der Waals surface area contributed by atoms with Crippen molar-refractivity contribution in [2.75, 3.05) is 7.05 Å². The number of rotatable bonds is 3. The van der Waals surface area contributed by atoms with Crippen LogP contribution in [0.5, 0.6) is 0 Å². The van der Waals surface area contributed by atoms with Crippen molar-refractivity contribution in [3.05, 3.63) is 34.9 Å². The van der Waals surface area contributed by atoms with Crippen LogP contribution in [0.1, 0.15) is 28.4 Å². The first-order chi connectivity index (χ1) is 9.33. The summed E-state index contributed by atoms with van der Waals surface area (Å²) in [4.78, 5) is 34.5. The molecule has 20 heavy (non-hydrogen) atoms. The van der Waals surface area contributed by atoms with Crippen LogP contribution in [0.15, 0.2) is 18.2 Å². The molecule has 0 bridgehead atoms. The quantitative estimate of drug-likeness (QED) is 0.816. The predicted molar refractivity (Wildman–Crippen MR) is 73.4 cm³/mol. The third-order valence-corrected chi connectivity index (χ3v) is 2.57. The van der Waals surface area contributed by atoms with Gasteiger partial charge in [-0.2, -0.15) is 0 Å². The highest BCUT2D eigenvalue weighted by Gasteiger charge is 2.20. The Morgan fingerprint density at radius 3 is 2.15 bits per heavy atom. The summed E-state index contributed by atoms with van der Waals surface area (Å²) in [6.45, 7) is 5.13. The van der Waals surface area contributed by atoms with Gasteiger partial charge in [0.05, 0.1) is 5.56 Å². The number of imide groups is 1. The van der Waals surface area contributed by atoms with Gasteiger partial charge in [0.15, 0.2) is 6.10 Å². The smallest absolute Gasteiger partial charge is 0.338 e. The van der Waals surface area contributed by atoms with Gasteiger partial charge in [-0.1, -0.05) is 17.2 Å². The van der Waals surface area contributed by atoms with Gasteiger partial charge in [0.1, 0.15) is 0 Å². The van der Waals surface area contributed by atoms with Crippen molar-refractivity contribution in [1.29, 1.82) is 0 Å². The Morgan fingerprint density at radius 2 is 1.65 bits per heavy atom. The minimum absolute atomic E-state index is 0.377. The highest BCUT2D eigenvalue weighted by Crippen LogP contribution is 2.11. The van der Waals surface area contributed by atoms with E-state index in [4.69, 9.17) is 4.74 Å². The average Bonchev–Trinajstić information content (AvgIpc) is 2.37. The van der Waals surface area contributed by atoms with E-state index in [2.05, 4.69) is 5.32 Å². The number of carbonyl (C=O) groups excluding carboxylic acids is 3. The molecule has 0 aliphatic rings. The van der Waals surface area contributed by atoms with Crippen LogP contribution in [-0.2, 0) is 9.53 Å². The molecular weight excluding hydrogens is 260 g/mol. The van der Waals surface area contributed by atoms with Gasteiger partial charge in [-0.25, -0.2) is 9.59 Å². The maximum Gasteiger partial charge on any atom is 0.338 e. The van der Waals surface area contributed by atoms with Crippen molar-refractivity contribution in [1.82, 2.24) is 10.6 Å². The highest BCUT2D eigenvalue weighted by atomic mass is 16.5. The molecule has 0 radical (unpaired) electrons. The lowest BCUT2D eigenvalue weighted by molar-refractivity contribution is -0.127. The molecule has 0 unspecified atom stereocenters. The van der Waals surface area contributed by atoms with Crippen LogP contribution in [0, 0.1) is 13.8 Å².